The van der Waals surface area contributed by atoms with Crippen LogP contribution in [-0.4, -0.2) is 49.0 Å². The minimum atomic E-state index is 0.188. The molecule has 0 aliphatic heterocycles. The van der Waals surface area contributed by atoms with Crippen molar-refractivity contribution in [2.24, 2.45) is 0 Å². The smallest absolute Gasteiger partial charge is 0.223 e. The Labute approximate surface area is 98.0 Å². The summed E-state index contributed by atoms with van der Waals surface area (Å²) in [7, 11) is 3.59. The summed E-state index contributed by atoms with van der Waals surface area (Å²) in [6, 6.07) is 0.272. The first-order chi connectivity index (χ1) is 6.97. The predicted molar refractivity (Wildman–Crippen MR) is 68.4 cm³/mol. The van der Waals surface area contributed by atoms with Crippen LogP contribution in [0.3, 0.4) is 0 Å². The van der Waals surface area contributed by atoms with E-state index in [4.69, 9.17) is 0 Å². The molecule has 2 unspecified atom stereocenters. The predicted octanol–water partition coefficient (Wildman–Crippen LogP) is 1.58. The molecule has 0 rings (SSSR count). The number of hydrogen-bond donors (Lipinski definition) is 1. The van der Waals surface area contributed by atoms with Gasteiger partial charge in [0.15, 0.2) is 0 Å². The maximum absolute atomic E-state index is 11.4. The highest BCUT2D eigenvalue weighted by atomic mass is 32.2. The molecule has 0 spiro atoms. The molecule has 0 aromatic heterocycles. The molecule has 2 atom stereocenters. The van der Waals surface area contributed by atoms with Gasteiger partial charge in [-0.25, -0.2) is 0 Å². The molecule has 0 saturated heterocycles. The molecule has 3 nitrogen and oxygen atoms in total. The summed E-state index contributed by atoms with van der Waals surface area (Å²) in [4.78, 5) is 13.0. The van der Waals surface area contributed by atoms with Gasteiger partial charge in [0.05, 0.1) is 0 Å². The third-order valence-corrected chi connectivity index (χ3v) is 3.47. The van der Waals surface area contributed by atoms with E-state index in [2.05, 4.69) is 25.4 Å². The van der Waals surface area contributed by atoms with Crippen molar-refractivity contribution in [2.45, 2.75) is 38.0 Å². The normalized spacial score (nSPS) is 14.7. The quantitative estimate of drug-likeness (QED) is 0.723. The van der Waals surface area contributed by atoms with Gasteiger partial charge in [0.25, 0.3) is 0 Å². The van der Waals surface area contributed by atoms with Crippen LogP contribution in [0.2, 0.25) is 0 Å². The van der Waals surface area contributed by atoms with E-state index in [9.17, 15) is 4.79 Å². The van der Waals surface area contributed by atoms with Crippen LogP contribution in [0.15, 0.2) is 0 Å². The van der Waals surface area contributed by atoms with Gasteiger partial charge in [-0.2, -0.15) is 11.8 Å². The van der Waals surface area contributed by atoms with E-state index < -0.39 is 0 Å². The van der Waals surface area contributed by atoms with E-state index in [0.717, 1.165) is 13.0 Å². The van der Waals surface area contributed by atoms with E-state index in [1.807, 2.05) is 11.8 Å². The zero-order chi connectivity index (χ0) is 11.8. The summed E-state index contributed by atoms with van der Waals surface area (Å²) in [6.45, 7) is 5.27. The molecule has 0 aliphatic rings. The minimum Gasteiger partial charge on any atom is -0.349 e. The lowest BCUT2D eigenvalue weighted by molar-refractivity contribution is -0.129. The van der Waals surface area contributed by atoms with Crippen molar-refractivity contribution in [3.8, 4) is 0 Å². The van der Waals surface area contributed by atoms with E-state index in [1.165, 1.54) is 0 Å². The topological polar surface area (TPSA) is 32.3 Å². The standard InChI is InChI=1S/C11H24N2OS/c1-9(8-11(14)13(3)4)12-7-6-10(2)15-5/h9-10,12H,6-8H2,1-5H3. The monoisotopic (exact) mass is 232 g/mol. The van der Waals surface area contributed by atoms with Crippen LogP contribution in [0.5, 0.6) is 0 Å². The van der Waals surface area contributed by atoms with E-state index >= 15 is 0 Å². The Morgan fingerprint density at radius 2 is 2.00 bits per heavy atom. The molecule has 0 aliphatic carbocycles. The highest BCUT2D eigenvalue weighted by Crippen LogP contribution is 2.08. The number of amides is 1. The number of nitrogens with one attached hydrogen (secondary N) is 1. The lowest BCUT2D eigenvalue weighted by Crippen LogP contribution is -2.34. The van der Waals surface area contributed by atoms with Crippen molar-refractivity contribution in [3.05, 3.63) is 0 Å². The van der Waals surface area contributed by atoms with Crippen molar-refractivity contribution in [2.75, 3.05) is 26.9 Å². The molecule has 15 heavy (non-hydrogen) atoms. The maximum Gasteiger partial charge on any atom is 0.223 e. The van der Waals surface area contributed by atoms with Gasteiger partial charge in [0.2, 0.25) is 5.91 Å². The summed E-state index contributed by atoms with van der Waals surface area (Å²) < 4.78 is 0. The van der Waals surface area contributed by atoms with Gasteiger partial charge in [0, 0.05) is 31.8 Å². The number of carbonyl (C=O) groups is 1. The first kappa shape index (κ1) is 14.8. The zero-order valence-electron chi connectivity index (χ0n) is 10.5. The molecule has 0 aromatic rings. The number of hydrogen-bond acceptors (Lipinski definition) is 3. The second kappa shape index (κ2) is 7.99. The second-order valence-electron chi connectivity index (χ2n) is 4.18. The maximum atomic E-state index is 11.4. The second-order valence-corrected chi connectivity index (χ2v) is 5.46. The van der Waals surface area contributed by atoms with E-state index in [0.29, 0.717) is 11.7 Å². The average Bonchev–Trinajstić information content (AvgIpc) is 2.17. The van der Waals surface area contributed by atoms with Gasteiger partial charge < -0.3 is 10.2 Å². The summed E-state index contributed by atoms with van der Waals surface area (Å²) in [5.74, 6) is 0.188. The van der Waals surface area contributed by atoms with E-state index in [-0.39, 0.29) is 11.9 Å². The molecule has 0 saturated carbocycles. The van der Waals surface area contributed by atoms with Crippen LogP contribution in [0.25, 0.3) is 0 Å². The zero-order valence-corrected chi connectivity index (χ0v) is 11.4. The highest BCUT2D eigenvalue weighted by Gasteiger charge is 2.10. The summed E-state index contributed by atoms with van der Waals surface area (Å²) in [5.41, 5.74) is 0. The Kier molecular flexibility index (Phi) is 7.88. The lowest BCUT2D eigenvalue weighted by atomic mass is 10.2. The molecule has 4 heteroatoms. The van der Waals surface area contributed by atoms with Crippen LogP contribution in [0.4, 0.5) is 0 Å². The molecular weight excluding hydrogens is 208 g/mol. The largest absolute Gasteiger partial charge is 0.349 e. The van der Waals surface area contributed by atoms with Crippen LogP contribution in [0.1, 0.15) is 26.7 Å². The molecular formula is C11H24N2OS. The molecule has 0 fully saturated rings. The molecule has 0 radical (unpaired) electrons. The first-order valence-corrected chi connectivity index (χ1v) is 6.72. The van der Waals surface area contributed by atoms with Crippen molar-refractivity contribution in [1.29, 1.82) is 0 Å². The summed E-state index contributed by atoms with van der Waals surface area (Å²) >= 11 is 1.88. The lowest BCUT2D eigenvalue weighted by Gasteiger charge is -2.17. The van der Waals surface area contributed by atoms with Gasteiger partial charge >= 0.3 is 0 Å². The van der Waals surface area contributed by atoms with Crippen LogP contribution in [-0.2, 0) is 4.79 Å². The highest BCUT2D eigenvalue weighted by molar-refractivity contribution is 7.99. The number of carbonyl (C=O) groups excluding carboxylic acids is 1. The molecule has 0 bridgehead atoms. The third kappa shape index (κ3) is 7.68. The van der Waals surface area contributed by atoms with Crippen LogP contribution in [0, 0.1) is 0 Å². The van der Waals surface area contributed by atoms with Gasteiger partial charge in [-0.1, -0.05) is 6.92 Å². The Morgan fingerprint density at radius 3 is 2.47 bits per heavy atom. The van der Waals surface area contributed by atoms with Crippen molar-refractivity contribution < 1.29 is 4.79 Å². The number of rotatable bonds is 7. The number of nitrogens with zero attached hydrogens (tertiary/aromatic N) is 1. The van der Waals surface area contributed by atoms with Gasteiger partial charge in [-0.15, -0.1) is 0 Å². The van der Waals surface area contributed by atoms with Gasteiger partial charge in [0.1, 0.15) is 0 Å². The van der Waals surface area contributed by atoms with Gasteiger partial charge in [-0.05, 0) is 26.1 Å². The Morgan fingerprint density at radius 1 is 1.40 bits per heavy atom. The fourth-order valence-corrected chi connectivity index (χ4v) is 1.52. The Balaban J connectivity index is 3.57. The average molecular weight is 232 g/mol. The fourth-order valence-electron chi connectivity index (χ4n) is 1.17. The van der Waals surface area contributed by atoms with Crippen LogP contribution >= 0.6 is 11.8 Å². The third-order valence-electron chi connectivity index (χ3n) is 2.43. The first-order valence-electron chi connectivity index (χ1n) is 5.43. The Hall–Kier alpha value is -0.220. The molecule has 1 amide bonds. The van der Waals surface area contributed by atoms with Gasteiger partial charge in [-0.3, -0.25) is 4.79 Å². The fraction of sp³-hybridized carbons (Fsp3) is 0.909. The van der Waals surface area contributed by atoms with Crippen molar-refractivity contribution >= 4 is 17.7 Å². The van der Waals surface area contributed by atoms with Crippen molar-refractivity contribution in [3.63, 3.8) is 0 Å². The molecule has 90 valence electrons. The summed E-state index contributed by atoms with van der Waals surface area (Å²) in [6.07, 6.45) is 3.87. The van der Waals surface area contributed by atoms with E-state index in [1.54, 1.807) is 19.0 Å². The summed E-state index contributed by atoms with van der Waals surface area (Å²) in [5, 5.41) is 4.06. The molecule has 0 heterocycles. The minimum absolute atomic E-state index is 0.188. The van der Waals surface area contributed by atoms with Crippen molar-refractivity contribution in [1.82, 2.24) is 10.2 Å². The SMILES string of the molecule is CSC(C)CCNC(C)CC(=O)N(C)C. The Bertz CT molecular complexity index is 185. The molecule has 0 aromatic carbocycles. The molecule has 1 N–H and O–H groups in total. The van der Waals surface area contributed by atoms with Crippen LogP contribution < -0.4 is 5.32 Å². The number of thioether (sulfide) groups is 1.